The smallest absolute Gasteiger partial charge is 0.264 e. The van der Waals surface area contributed by atoms with E-state index < -0.39 is 0 Å². The topological polar surface area (TPSA) is 63.4 Å². The first kappa shape index (κ1) is 16.1. The second-order valence-corrected chi connectivity index (χ2v) is 6.79. The number of allylic oxidation sites excluding steroid dienone is 1. The summed E-state index contributed by atoms with van der Waals surface area (Å²) in [6.07, 6.45) is 3.81. The lowest BCUT2D eigenvalue weighted by atomic mass is 9.83. The van der Waals surface area contributed by atoms with Gasteiger partial charge in [0, 0.05) is 11.7 Å². The Kier molecular flexibility index (Phi) is 4.19. The summed E-state index contributed by atoms with van der Waals surface area (Å²) >= 11 is 6.25. The van der Waals surface area contributed by atoms with Crippen LogP contribution in [-0.2, 0) is 4.79 Å². The van der Waals surface area contributed by atoms with Crippen LogP contribution in [0.1, 0.15) is 43.0 Å². The normalized spacial score (nSPS) is 27.0. The molecule has 5 heteroatoms. The molecular formula is C18H20ClN2O2. The van der Waals surface area contributed by atoms with Crippen molar-refractivity contribution in [3.63, 3.8) is 0 Å². The van der Waals surface area contributed by atoms with Crippen molar-refractivity contribution >= 4 is 29.0 Å². The predicted octanol–water partition coefficient (Wildman–Crippen LogP) is 3.49. The van der Waals surface area contributed by atoms with Gasteiger partial charge in [-0.25, -0.2) is 0 Å². The Labute approximate surface area is 141 Å². The van der Waals surface area contributed by atoms with Crippen LogP contribution in [0, 0.1) is 12.8 Å². The van der Waals surface area contributed by atoms with Crippen molar-refractivity contribution in [2.24, 2.45) is 11.7 Å². The first-order valence-electron chi connectivity index (χ1n) is 7.88. The minimum absolute atomic E-state index is 0.0263. The Morgan fingerprint density at radius 2 is 2.09 bits per heavy atom. The second kappa shape index (κ2) is 6.00. The maximum atomic E-state index is 13.0. The lowest BCUT2D eigenvalue weighted by Gasteiger charge is -2.40. The molecule has 1 amide bonds. The largest absolute Gasteiger partial charge is 0.402 e. The Morgan fingerprint density at radius 1 is 1.35 bits per heavy atom. The molecule has 2 aliphatic rings. The van der Waals surface area contributed by atoms with E-state index in [0.29, 0.717) is 22.2 Å². The van der Waals surface area contributed by atoms with Crippen LogP contribution >= 0.6 is 11.6 Å². The van der Waals surface area contributed by atoms with Crippen LogP contribution in [0.5, 0.6) is 0 Å². The number of hydrogen-bond acceptors (Lipinski definition) is 3. The van der Waals surface area contributed by atoms with Gasteiger partial charge in [0.1, 0.15) is 5.57 Å². The first-order valence-corrected chi connectivity index (χ1v) is 8.25. The number of hydrogen-bond donors (Lipinski definition) is 1. The van der Waals surface area contributed by atoms with E-state index in [1.54, 1.807) is 30.0 Å². The minimum atomic E-state index is -0.381. The molecule has 1 fully saturated rings. The molecule has 0 aromatic heterocycles. The molecule has 4 nitrogen and oxygen atoms in total. The minimum Gasteiger partial charge on any atom is -0.402 e. The van der Waals surface area contributed by atoms with Gasteiger partial charge in [-0.3, -0.25) is 9.59 Å². The molecule has 2 N–H and O–H groups in total. The summed E-state index contributed by atoms with van der Waals surface area (Å²) in [5, 5.41) is 0.353. The van der Waals surface area contributed by atoms with Gasteiger partial charge < -0.3 is 10.6 Å². The van der Waals surface area contributed by atoms with Crippen LogP contribution in [-0.4, -0.2) is 17.7 Å². The van der Waals surface area contributed by atoms with E-state index in [-0.39, 0.29) is 29.0 Å². The van der Waals surface area contributed by atoms with E-state index in [1.165, 1.54) is 0 Å². The number of nitrogens with two attached hydrogens (primary N) is 1. The van der Waals surface area contributed by atoms with Crippen molar-refractivity contribution in [1.29, 1.82) is 0 Å². The fourth-order valence-corrected chi connectivity index (χ4v) is 3.85. The monoisotopic (exact) mass is 331 g/mol. The zero-order valence-corrected chi connectivity index (χ0v) is 13.9. The molecule has 1 saturated carbocycles. The van der Waals surface area contributed by atoms with Gasteiger partial charge in [0.25, 0.3) is 5.91 Å². The molecule has 121 valence electrons. The fourth-order valence-electron chi connectivity index (χ4n) is 3.60. The highest BCUT2D eigenvalue weighted by molar-refractivity contribution is 6.42. The van der Waals surface area contributed by atoms with Gasteiger partial charge in [0.2, 0.25) is 5.78 Å². The van der Waals surface area contributed by atoms with E-state index in [4.69, 9.17) is 17.3 Å². The number of benzene rings is 1. The molecule has 1 aromatic carbocycles. The van der Waals surface area contributed by atoms with Crippen molar-refractivity contribution in [1.82, 2.24) is 0 Å². The van der Waals surface area contributed by atoms with Crippen LogP contribution in [0.25, 0.3) is 0 Å². The summed E-state index contributed by atoms with van der Waals surface area (Å²) in [5.41, 5.74) is 7.07. The SMILES string of the molecule is [CH2]C1CCCC(N2C(=O)/C(=C(/C)N)C(=O)c3c(Cl)cccc32)C1. The van der Waals surface area contributed by atoms with E-state index in [0.717, 1.165) is 25.7 Å². The van der Waals surface area contributed by atoms with Crippen molar-refractivity contribution in [2.75, 3.05) is 4.90 Å². The molecule has 1 aliphatic carbocycles. The lowest BCUT2D eigenvalue weighted by Crippen LogP contribution is -2.48. The molecule has 0 spiro atoms. The summed E-state index contributed by atoms with van der Waals surface area (Å²) in [4.78, 5) is 27.4. The third-order valence-electron chi connectivity index (χ3n) is 4.65. The van der Waals surface area contributed by atoms with Gasteiger partial charge >= 0.3 is 0 Å². The number of carbonyl (C=O) groups is 2. The molecular weight excluding hydrogens is 312 g/mol. The van der Waals surface area contributed by atoms with Crippen LogP contribution in [0.4, 0.5) is 5.69 Å². The highest BCUT2D eigenvalue weighted by atomic mass is 35.5. The fraction of sp³-hybridized carbons (Fsp3) is 0.389. The summed E-state index contributed by atoms with van der Waals surface area (Å²) in [6, 6.07) is 5.24. The third-order valence-corrected chi connectivity index (χ3v) is 4.97. The zero-order chi connectivity index (χ0) is 16.7. The average Bonchev–Trinajstić information content (AvgIpc) is 2.46. The van der Waals surface area contributed by atoms with Crippen molar-refractivity contribution in [3.8, 4) is 0 Å². The highest BCUT2D eigenvalue weighted by Crippen LogP contribution is 2.40. The Bertz CT molecular complexity index is 707. The van der Waals surface area contributed by atoms with Crippen molar-refractivity contribution < 1.29 is 9.59 Å². The number of amides is 1. The van der Waals surface area contributed by atoms with E-state index >= 15 is 0 Å². The molecule has 0 bridgehead atoms. The van der Waals surface area contributed by atoms with Gasteiger partial charge in [-0.05, 0) is 37.8 Å². The van der Waals surface area contributed by atoms with Crippen molar-refractivity contribution in [3.05, 3.63) is 47.0 Å². The number of fused-ring (bicyclic) bond motifs is 1. The molecule has 23 heavy (non-hydrogen) atoms. The summed E-state index contributed by atoms with van der Waals surface area (Å²) in [5.74, 6) is -0.383. The molecule has 3 rings (SSSR count). The molecule has 1 aliphatic heterocycles. The average molecular weight is 332 g/mol. The maximum Gasteiger partial charge on any atom is 0.264 e. The summed E-state index contributed by atoms with van der Waals surface area (Å²) in [7, 11) is 0. The van der Waals surface area contributed by atoms with E-state index in [9.17, 15) is 9.59 Å². The van der Waals surface area contributed by atoms with Crippen LogP contribution in [0.3, 0.4) is 0 Å². The highest BCUT2D eigenvalue weighted by Gasteiger charge is 2.41. The zero-order valence-electron chi connectivity index (χ0n) is 13.1. The molecule has 0 saturated heterocycles. The molecule has 2 unspecified atom stereocenters. The van der Waals surface area contributed by atoms with Crippen LogP contribution in [0.2, 0.25) is 5.02 Å². The third kappa shape index (κ3) is 2.65. The standard InChI is InChI=1S/C18H20ClN2O2/c1-10-5-3-6-12(9-10)21-14-8-4-7-13(19)16(14)17(22)15(11(2)20)18(21)23/h4,7-8,10,12H,1,3,5-6,9,20H2,2H3/b15-11-. The number of Topliss-reactive ketones (excluding diaryl/α,β-unsaturated/α-hetero) is 1. The Morgan fingerprint density at radius 3 is 2.74 bits per heavy atom. The van der Waals surface area contributed by atoms with Gasteiger partial charge in [0.15, 0.2) is 0 Å². The number of anilines is 1. The van der Waals surface area contributed by atoms with Gasteiger partial charge in [0.05, 0.1) is 16.3 Å². The van der Waals surface area contributed by atoms with Crippen LogP contribution in [0.15, 0.2) is 29.5 Å². The molecule has 2 atom stereocenters. The Hall–Kier alpha value is -1.81. The quantitative estimate of drug-likeness (QED) is 0.633. The van der Waals surface area contributed by atoms with Crippen LogP contribution < -0.4 is 10.6 Å². The number of nitrogens with zero attached hydrogens (tertiary/aromatic N) is 1. The first-order chi connectivity index (χ1) is 10.9. The van der Waals surface area contributed by atoms with E-state index in [1.807, 2.05) is 0 Å². The van der Waals surface area contributed by atoms with Crippen molar-refractivity contribution in [2.45, 2.75) is 38.6 Å². The molecule has 1 aromatic rings. The number of rotatable bonds is 1. The predicted molar refractivity (Wildman–Crippen MR) is 91.3 cm³/mol. The number of carbonyl (C=O) groups excluding carboxylic acids is 2. The van der Waals surface area contributed by atoms with Gasteiger partial charge in [-0.2, -0.15) is 0 Å². The number of halogens is 1. The lowest BCUT2D eigenvalue weighted by molar-refractivity contribution is -0.115. The Balaban J connectivity index is 2.17. The van der Waals surface area contributed by atoms with E-state index in [2.05, 4.69) is 6.92 Å². The maximum absolute atomic E-state index is 13.0. The summed E-state index contributed by atoms with van der Waals surface area (Å²) in [6.45, 7) is 5.72. The molecule has 1 heterocycles. The summed E-state index contributed by atoms with van der Waals surface area (Å²) < 4.78 is 0. The number of ketones is 1. The second-order valence-electron chi connectivity index (χ2n) is 6.38. The van der Waals surface area contributed by atoms with Gasteiger partial charge in [-0.1, -0.05) is 37.4 Å². The molecule has 1 radical (unpaired) electrons. The van der Waals surface area contributed by atoms with Gasteiger partial charge in [-0.15, -0.1) is 0 Å².